The molecule has 0 fully saturated rings. The summed E-state index contributed by atoms with van der Waals surface area (Å²) in [5.74, 6) is 0.253. The van der Waals surface area contributed by atoms with E-state index in [2.05, 4.69) is 22.9 Å². The van der Waals surface area contributed by atoms with E-state index >= 15 is 0 Å². The lowest BCUT2D eigenvalue weighted by Gasteiger charge is -2.05. The van der Waals surface area contributed by atoms with Crippen LogP contribution in [0.4, 0.5) is 0 Å². The quantitative estimate of drug-likeness (QED) is 0.649. The van der Waals surface area contributed by atoms with Crippen LogP contribution >= 0.6 is 15.9 Å². The van der Waals surface area contributed by atoms with Crippen LogP contribution < -0.4 is 0 Å². The molecule has 1 aromatic heterocycles. The maximum Gasteiger partial charge on any atom is 0.181 e. The summed E-state index contributed by atoms with van der Waals surface area (Å²) >= 11 is 3.40. The molecular weight excluding hydrogens is 206 g/mol. The zero-order chi connectivity index (χ0) is 8.01. The molecule has 1 aromatic rings. The molecule has 0 N–H and O–H groups in total. The summed E-state index contributed by atoms with van der Waals surface area (Å²) in [6.07, 6.45) is 0.648. The minimum absolute atomic E-state index is 0.253. The number of hydrogen-bond donors (Lipinski definition) is 0. The Morgan fingerprint density at radius 1 is 1.64 bits per heavy atom. The third kappa shape index (κ3) is 0.872. The van der Waals surface area contributed by atoms with Crippen molar-refractivity contribution in [2.75, 3.05) is 0 Å². The van der Waals surface area contributed by atoms with Gasteiger partial charge in [-0.3, -0.25) is 4.79 Å². The zero-order valence-corrected chi connectivity index (χ0v) is 7.76. The fourth-order valence-electron chi connectivity index (χ4n) is 1.56. The molecule has 2 heterocycles. The monoisotopic (exact) mass is 213 g/mol. The summed E-state index contributed by atoms with van der Waals surface area (Å²) in [6, 6.07) is 4.11. The van der Waals surface area contributed by atoms with E-state index in [-0.39, 0.29) is 5.78 Å². The van der Waals surface area contributed by atoms with Gasteiger partial charge in [0.25, 0.3) is 0 Å². The van der Waals surface area contributed by atoms with Crippen LogP contribution in [0, 0.1) is 0 Å². The first kappa shape index (κ1) is 7.10. The Labute approximate surface area is 73.3 Å². The van der Waals surface area contributed by atoms with E-state index < -0.39 is 0 Å². The molecule has 3 heteroatoms. The van der Waals surface area contributed by atoms with Crippen molar-refractivity contribution in [3.63, 3.8) is 0 Å². The summed E-state index contributed by atoms with van der Waals surface area (Å²) in [4.78, 5) is 11.2. The maximum absolute atomic E-state index is 11.2. The average molecular weight is 214 g/mol. The first-order valence-electron chi connectivity index (χ1n) is 3.60. The highest BCUT2D eigenvalue weighted by Crippen LogP contribution is 2.30. The van der Waals surface area contributed by atoms with Crippen molar-refractivity contribution in [1.82, 2.24) is 4.57 Å². The summed E-state index contributed by atoms with van der Waals surface area (Å²) < 4.78 is 3.04. The number of ketones is 1. The molecule has 1 aliphatic heterocycles. The Bertz CT molecular complexity index is 316. The van der Waals surface area contributed by atoms with Gasteiger partial charge in [0.15, 0.2) is 5.78 Å². The van der Waals surface area contributed by atoms with Crippen LogP contribution in [-0.2, 0) is 0 Å². The Morgan fingerprint density at radius 3 is 3.00 bits per heavy atom. The van der Waals surface area contributed by atoms with E-state index in [0.717, 1.165) is 10.3 Å². The maximum atomic E-state index is 11.2. The first-order valence-corrected chi connectivity index (χ1v) is 4.39. The number of carbonyl (C=O) groups excluding carboxylic acids is 1. The van der Waals surface area contributed by atoms with E-state index in [1.807, 2.05) is 16.7 Å². The van der Waals surface area contributed by atoms with E-state index in [1.54, 1.807) is 0 Å². The molecule has 58 valence electrons. The van der Waals surface area contributed by atoms with Gasteiger partial charge in [-0.2, -0.15) is 0 Å². The summed E-state index contributed by atoms with van der Waals surface area (Å²) in [7, 11) is 0. The van der Waals surface area contributed by atoms with Crippen molar-refractivity contribution in [2.24, 2.45) is 0 Å². The number of rotatable bonds is 0. The smallest absolute Gasteiger partial charge is 0.181 e. The number of aromatic nitrogens is 1. The summed E-state index contributed by atoms with van der Waals surface area (Å²) in [5, 5.41) is 0. The minimum atomic E-state index is 0.253. The molecule has 0 aromatic carbocycles. The molecule has 1 atom stereocenters. The molecule has 0 spiro atoms. The van der Waals surface area contributed by atoms with E-state index in [1.165, 1.54) is 0 Å². The van der Waals surface area contributed by atoms with Gasteiger partial charge in [0.2, 0.25) is 0 Å². The highest BCUT2D eigenvalue weighted by Gasteiger charge is 2.26. The van der Waals surface area contributed by atoms with Crippen LogP contribution in [0.5, 0.6) is 0 Å². The third-order valence-electron chi connectivity index (χ3n) is 2.08. The lowest BCUT2D eigenvalue weighted by atomic mass is 10.2. The SMILES string of the molecule is CC1CC(=O)c2ccc(Br)n21. The molecule has 0 amide bonds. The van der Waals surface area contributed by atoms with Crippen LogP contribution in [0.1, 0.15) is 29.9 Å². The topological polar surface area (TPSA) is 22.0 Å². The number of nitrogens with zero attached hydrogens (tertiary/aromatic N) is 1. The van der Waals surface area contributed by atoms with Gasteiger partial charge in [-0.15, -0.1) is 0 Å². The van der Waals surface area contributed by atoms with E-state index in [4.69, 9.17) is 0 Å². The van der Waals surface area contributed by atoms with Crippen molar-refractivity contribution in [3.05, 3.63) is 22.4 Å². The fourth-order valence-corrected chi connectivity index (χ4v) is 2.24. The molecule has 11 heavy (non-hydrogen) atoms. The molecule has 0 saturated carbocycles. The Kier molecular flexibility index (Phi) is 1.42. The molecule has 2 rings (SSSR count). The Morgan fingerprint density at radius 2 is 2.36 bits per heavy atom. The van der Waals surface area contributed by atoms with Gasteiger partial charge in [0.1, 0.15) is 0 Å². The number of halogens is 1. The van der Waals surface area contributed by atoms with Gasteiger partial charge in [0.05, 0.1) is 10.3 Å². The fraction of sp³-hybridized carbons (Fsp3) is 0.375. The van der Waals surface area contributed by atoms with Gasteiger partial charge in [-0.1, -0.05) is 0 Å². The van der Waals surface area contributed by atoms with E-state index in [9.17, 15) is 4.79 Å². The second kappa shape index (κ2) is 2.21. The predicted molar refractivity (Wildman–Crippen MR) is 45.8 cm³/mol. The number of fused-ring (bicyclic) bond motifs is 1. The predicted octanol–water partition coefficient (Wildman–Crippen LogP) is 2.40. The molecule has 0 saturated heterocycles. The van der Waals surface area contributed by atoms with Crippen LogP contribution in [0.15, 0.2) is 16.7 Å². The summed E-state index contributed by atoms with van der Waals surface area (Å²) in [6.45, 7) is 2.05. The van der Waals surface area contributed by atoms with Crippen LogP contribution in [0.25, 0.3) is 0 Å². The average Bonchev–Trinajstić information content (AvgIpc) is 2.41. The largest absolute Gasteiger partial charge is 0.330 e. The van der Waals surface area contributed by atoms with Crippen molar-refractivity contribution < 1.29 is 4.79 Å². The zero-order valence-electron chi connectivity index (χ0n) is 6.17. The number of hydrogen-bond acceptors (Lipinski definition) is 1. The Balaban J connectivity index is 2.63. The number of carbonyl (C=O) groups is 1. The van der Waals surface area contributed by atoms with Crippen LogP contribution in [0.2, 0.25) is 0 Å². The lowest BCUT2D eigenvalue weighted by molar-refractivity contribution is 0.0990. The number of Topliss-reactive ketones (excluding diaryl/α,β-unsaturated/α-hetero) is 1. The van der Waals surface area contributed by atoms with Gasteiger partial charge in [0, 0.05) is 12.5 Å². The molecule has 0 bridgehead atoms. The highest BCUT2D eigenvalue weighted by molar-refractivity contribution is 9.10. The van der Waals surface area contributed by atoms with Gasteiger partial charge in [-0.25, -0.2) is 0 Å². The van der Waals surface area contributed by atoms with Gasteiger partial charge >= 0.3 is 0 Å². The van der Waals surface area contributed by atoms with E-state index in [0.29, 0.717) is 12.5 Å². The molecule has 1 unspecified atom stereocenters. The molecule has 0 aliphatic carbocycles. The highest BCUT2D eigenvalue weighted by atomic mass is 79.9. The van der Waals surface area contributed by atoms with Crippen LogP contribution in [0.3, 0.4) is 0 Å². The van der Waals surface area contributed by atoms with Gasteiger partial charge in [-0.05, 0) is 35.0 Å². The molecule has 2 nitrogen and oxygen atoms in total. The molecule has 0 radical (unpaired) electrons. The van der Waals surface area contributed by atoms with Crippen molar-refractivity contribution >= 4 is 21.7 Å². The van der Waals surface area contributed by atoms with Crippen molar-refractivity contribution in [1.29, 1.82) is 0 Å². The normalized spacial score (nSPS) is 22.4. The van der Waals surface area contributed by atoms with Crippen LogP contribution in [-0.4, -0.2) is 10.4 Å². The third-order valence-corrected chi connectivity index (χ3v) is 2.72. The standard InChI is InChI=1S/C8H8BrNO/c1-5-4-7(11)6-2-3-8(9)10(5)6/h2-3,5H,4H2,1H3. The second-order valence-electron chi connectivity index (χ2n) is 2.89. The first-order chi connectivity index (χ1) is 5.20. The summed E-state index contributed by atoms with van der Waals surface area (Å²) in [5.41, 5.74) is 0.837. The van der Waals surface area contributed by atoms with Gasteiger partial charge < -0.3 is 4.57 Å². The minimum Gasteiger partial charge on any atom is -0.330 e. The Hall–Kier alpha value is -0.570. The van der Waals surface area contributed by atoms with Crippen molar-refractivity contribution in [2.45, 2.75) is 19.4 Å². The van der Waals surface area contributed by atoms with Crippen molar-refractivity contribution in [3.8, 4) is 0 Å². The lowest BCUT2D eigenvalue weighted by Crippen LogP contribution is -1.97. The second-order valence-corrected chi connectivity index (χ2v) is 3.70. The molecular formula is C8H8BrNO. The molecule has 1 aliphatic rings.